The molecule has 1 amide bonds. The quantitative estimate of drug-likeness (QED) is 0.0450. The van der Waals surface area contributed by atoms with Gasteiger partial charge in [0.25, 0.3) is 0 Å². The fourth-order valence-electron chi connectivity index (χ4n) is 8.83. The number of esters is 2. The Labute approximate surface area is 360 Å². The Morgan fingerprint density at radius 2 is 0.810 bits per heavy atom. The number of carbonyl (C=O) groups excluding carboxylic acids is 3. The van der Waals surface area contributed by atoms with Gasteiger partial charge in [0.15, 0.2) is 0 Å². The van der Waals surface area contributed by atoms with Crippen LogP contribution >= 0.6 is 0 Å². The SMILES string of the molecule is CCCCCC(CCCCC)CCCC(=O)OCCCCCCCN(CCCCCCCOC(=O)CCCC(CCCCC)CCCCC)C(=O)CCN1CCCC1. The molecule has 1 fully saturated rings. The van der Waals surface area contributed by atoms with Crippen LogP contribution in [0.25, 0.3) is 0 Å². The second-order valence-electron chi connectivity index (χ2n) is 18.2. The van der Waals surface area contributed by atoms with Crippen molar-refractivity contribution in [2.45, 2.75) is 252 Å². The molecule has 1 aliphatic rings. The van der Waals surface area contributed by atoms with Crippen molar-refractivity contribution in [3.63, 3.8) is 0 Å². The highest BCUT2D eigenvalue weighted by Gasteiger charge is 2.17. The number of unbranched alkanes of at least 4 members (excludes halogenated alkanes) is 16. The van der Waals surface area contributed by atoms with Gasteiger partial charge in [-0.3, -0.25) is 14.4 Å². The van der Waals surface area contributed by atoms with E-state index >= 15 is 0 Å². The third-order valence-corrected chi connectivity index (χ3v) is 12.7. The zero-order chi connectivity index (χ0) is 42.2. The van der Waals surface area contributed by atoms with Crippen LogP contribution in [0.3, 0.4) is 0 Å². The van der Waals surface area contributed by atoms with Crippen LogP contribution in [0.2, 0.25) is 0 Å². The molecule has 1 aliphatic heterocycles. The zero-order valence-corrected chi connectivity index (χ0v) is 39.3. The Balaban J connectivity index is 2.23. The predicted molar refractivity (Wildman–Crippen MR) is 246 cm³/mol. The molecule has 0 saturated carbocycles. The molecule has 1 saturated heterocycles. The van der Waals surface area contributed by atoms with Gasteiger partial charge in [-0.25, -0.2) is 0 Å². The monoisotopic (exact) mass is 819 g/mol. The van der Waals surface area contributed by atoms with Crippen molar-refractivity contribution in [3.05, 3.63) is 0 Å². The largest absolute Gasteiger partial charge is 0.466 e. The lowest BCUT2D eigenvalue weighted by Crippen LogP contribution is -2.35. The number of carbonyl (C=O) groups is 3. The van der Waals surface area contributed by atoms with Crippen molar-refractivity contribution in [2.24, 2.45) is 11.8 Å². The van der Waals surface area contributed by atoms with E-state index in [-0.39, 0.29) is 11.9 Å². The summed E-state index contributed by atoms with van der Waals surface area (Å²) in [7, 11) is 0. The van der Waals surface area contributed by atoms with Crippen LogP contribution in [0.4, 0.5) is 0 Å². The highest BCUT2D eigenvalue weighted by atomic mass is 16.5. The molecule has 342 valence electrons. The number of amides is 1. The van der Waals surface area contributed by atoms with Crippen LogP contribution < -0.4 is 0 Å². The average molecular weight is 819 g/mol. The Morgan fingerprint density at radius 1 is 0.448 bits per heavy atom. The van der Waals surface area contributed by atoms with E-state index < -0.39 is 0 Å². The first-order chi connectivity index (χ1) is 28.4. The maximum Gasteiger partial charge on any atom is 0.305 e. The molecule has 0 unspecified atom stereocenters. The lowest BCUT2D eigenvalue weighted by molar-refractivity contribution is -0.144. The number of rotatable bonds is 43. The summed E-state index contributed by atoms with van der Waals surface area (Å²) in [6, 6.07) is 0. The Morgan fingerprint density at radius 3 is 1.21 bits per heavy atom. The molecule has 0 atom stereocenters. The lowest BCUT2D eigenvalue weighted by atomic mass is 9.90. The number of hydrogen-bond acceptors (Lipinski definition) is 6. The number of ether oxygens (including phenoxy) is 2. The molecular formula is C51H98N2O5. The van der Waals surface area contributed by atoms with Crippen molar-refractivity contribution in [1.82, 2.24) is 9.80 Å². The molecule has 58 heavy (non-hydrogen) atoms. The average Bonchev–Trinajstić information content (AvgIpc) is 3.75. The normalized spacial score (nSPS) is 13.2. The highest BCUT2D eigenvalue weighted by molar-refractivity contribution is 5.76. The van der Waals surface area contributed by atoms with E-state index in [2.05, 4.69) is 37.5 Å². The van der Waals surface area contributed by atoms with Gasteiger partial charge in [0.05, 0.1) is 13.2 Å². The molecule has 0 aromatic heterocycles. The van der Waals surface area contributed by atoms with E-state index in [9.17, 15) is 14.4 Å². The second kappa shape index (κ2) is 40.8. The molecule has 0 aliphatic carbocycles. The van der Waals surface area contributed by atoms with Gasteiger partial charge in [-0.05, 0) is 89.1 Å². The lowest BCUT2D eigenvalue weighted by Gasteiger charge is -2.24. The zero-order valence-electron chi connectivity index (χ0n) is 39.3. The van der Waals surface area contributed by atoms with Gasteiger partial charge in [-0.2, -0.15) is 0 Å². The van der Waals surface area contributed by atoms with Crippen LogP contribution in [-0.4, -0.2) is 73.6 Å². The molecule has 7 heteroatoms. The molecule has 1 heterocycles. The minimum absolute atomic E-state index is 0.0209. The van der Waals surface area contributed by atoms with Crippen molar-refractivity contribution in [3.8, 4) is 0 Å². The summed E-state index contributed by atoms with van der Waals surface area (Å²) in [5.74, 6) is 1.82. The molecular weight excluding hydrogens is 721 g/mol. The van der Waals surface area contributed by atoms with Crippen LogP contribution in [0.5, 0.6) is 0 Å². The Bertz CT molecular complexity index is 860. The highest BCUT2D eigenvalue weighted by Crippen LogP contribution is 2.25. The van der Waals surface area contributed by atoms with Crippen molar-refractivity contribution >= 4 is 17.8 Å². The number of likely N-dealkylation sites (tertiary alicyclic amines) is 1. The summed E-state index contributed by atoms with van der Waals surface area (Å²) in [5.41, 5.74) is 0. The smallest absolute Gasteiger partial charge is 0.305 e. The molecule has 0 bridgehead atoms. The van der Waals surface area contributed by atoms with Crippen molar-refractivity contribution in [1.29, 1.82) is 0 Å². The summed E-state index contributed by atoms with van der Waals surface area (Å²) in [6.45, 7) is 15.0. The summed E-state index contributed by atoms with van der Waals surface area (Å²) < 4.78 is 11.2. The standard InChI is InChI=1S/C51H98N2O5/c1-5-9-19-31-47(32-20-10-6-2)35-29-37-50(55)57-45-27-17-13-15-23-42-53(49(54)39-44-52-40-25-26-41-52)43-24-16-14-18-28-46-58-51(56)38-30-36-48(33-21-11-7-3)34-22-12-8-4/h47-48H,5-46H2,1-4H3. The van der Waals surface area contributed by atoms with Gasteiger partial charge in [0, 0.05) is 38.9 Å². The first-order valence-electron chi connectivity index (χ1n) is 25.7. The maximum absolute atomic E-state index is 13.3. The van der Waals surface area contributed by atoms with Crippen LogP contribution in [0, 0.1) is 11.8 Å². The maximum atomic E-state index is 13.3. The number of nitrogens with zero attached hydrogens (tertiary/aromatic N) is 2. The van der Waals surface area contributed by atoms with E-state index in [0.717, 1.165) is 134 Å². The first kappa shape index (κ1) is 54.4. The molecule has 7 nitrogen and oxygen atoms in total. The third kappa shape index (κ3) is 33.1. The third-order valence-electron chi connectivity index (χ3n) is 12.7. The van der Waals surface area contributed by atoms with E-state index in [0.29, 0.717) is 38.4 Å². The second-order valence-corrected chi connectivity index (χ2v) is 18.2. The van der Waals surface area contributed by atoms with Crippen LogP contribution in [0.1, 0.15) is 252 Å². The molecule has 0 radical (unpaired) electrons. The minimum Gasteiger partial charge on any atom is -0.466 e. The van der Waals surface area contributed by atoms with E-state index in [1.54, 1.807) is 0 Å². The Hall–Kier alpha value is -1.63. The summed E-state index contributed by atoms with van der Waals surface area (Å²) in [6.07, 6.45) is 40.0. The van der Waals surface area contributed by atoms with Crippen molar-refractivity contribution < 1.29 is 23.9 Å². The van der Waals surface area contributed by atoms with E-state index in [4.69, 9.17) is 9.47 Å². The van der Waals surface area contributed by atoms with Gasteiger partial charge in [0.1, 0.15) is 0 Å². The summed E-state index contributed by atoms with van der Waals surface area (Å²) >= 11 is 0. The molecule has 0 aromatic carbocycles. The molecule has 0 N–H and O–H groups in total. The summed E-state index contributed by atoms with van der Waals surface area (Å²) in [5, 5.41) is 0. The molecule has 0 spiro atoms. The predicted octanol–water partition coefficient (Wildman–Crippen LogP) is 14.2. The van der Waals surface area contributed by atoms with Gasteiger partial charge < -0.3 is 19.3 Å². The van der Waals surface area contributed by atoms with E-state index in [1.807, 2.05) is 0 Å². The molecule has 1 rings (SSSR count). The fraction of sp³-hybridized carbons (Fsp3) is 0.941. The van der Waals surface area contributed by atoms with Gasteiger partial charge in [0.2, 0.25) is 5.91 Å². The first-order valence-corrected chi connectivity index (χ1v) is 25.7. The van der Waals surface area contributed by atoms with Gasteiger partial charge in [-0.1, -0.05) is 169 Å². The topological polar surface area (TPSA) is 76.1 Å². The van der Waals surface area contributed by atoms with Gasteiger partial charge >= 0.3 is 11.9 Å². The van der Waals surface area contributed by atoms with E-state index in [1.165, 1.54) is 116 Å². The van der Waals surface area contributed by atoms with Crippen molar-refractivity contribution in [2.75, 3.05) is 45.9 Å². The Kier molecular flexibility index (Phi) is 38.2. The minimum atomic E-state index is -0.0209. The fourth-order valence-corrected chi connectivity index (χ4v) is 8.83. The number of hydrogen-bond donors (Lipinski definition) is 0. The van der Waals surface area contributed by atoms with Crippen LogP contribution in [0.15, 0.2) is 0 Å². The van der Waals surface area contributed by atoms with Gasteiger partial charge in [-0.15, -0.1) is 0 Å². The summed E-state index contributed by atoms with van der Waals surface area (Å²) in [4.78, 5) is 42.6. The molecule has 0 aromatic rings. The van der Waals surface area contributed by atoms with Crippen LogP contribution in [-0.2, 0) is 23.9 Å².